The molecule has 4 aromatic rings. The Morgan fingerprint density at radius 1 is 0.745 bits per heavy atom. The van der Waals surface area contributed by atoms with E-state index in [0.29, 0.717) is 12.0 Å². The lowest BCUT2D eigenvalue weighted by Gasteiger charge is -2.49. The van der Waals surface area contributed by atoms with Gasteiger partial charge in [-0.05, 0) is 156 Å². The maximum Gasteiger partial charge on any atom is 0.252 e. The first-order valence-electron chi connectivity index (χ1n) is 18.3. The Balaban J connectivity index is 1.37. The Labute approximate surface area is 282 Å². The number of aryl methyl sites for hydroxylation is 3. The molecule has 47 heavy (non-hydrogen) atoms. The minimum atomic E-state index is 0.0737. The maximum atomic E-state index is 2.84. The van der Waals surface area contributed by atoms with E-state index in [4.69, 9.17) is 0 Å². The van der Waals surface area contributed by atoms with E-state index < -0.39 is 0 Å². The summed E-state index contributed by atoms with van der Waals surface area (Å²) in [5, 5.41) is 0. The second kappa shape index (κ2) is 10.8. The van der Waals surface area contributed by atoms with Crippen LogP contribution in [0.1, 0.15) is 88.5 Å². The Kier molecular flexibility index (Phi) is 6.69. The van der Waals surface area contributed by atoms with Crippen molar-refractivity contribution in [2.45, 2.75) is 97.4 Å². The van der Waals surface area contributed by atoms with Crippen LogP contribution in [0.15, 0.2) is 96.1 Å². The summed E-state index contributed by atoms with van der Waals surface area (Å²) in [6.45, 7) is 12.1. The average Bonchev–Trinajstić information content (AvgIpc) is 3.07. The maximum absolute atomic E-state index is 2.84. The number of para-hydroxylation sites is 1. The molecule has 0 fully saturated rings. The first-order chi connectivity index (χ1) is 22.8. The SMILES string of the molecule is Cc1cc2c3c(c1)N(C1CCCC4=C1C(C)CC=C4)c1cc(C(C)(C)C)ccc1B3c1cc3c(cc1N2c1ccccc1)CCCC3. The van der Waals surface area contributed by atoms with Crippen molar-refractivity contribution < 1.29 is 0 Å². The molecule has 9 rings (SSSR count). The van der Waals surface area contributed by atoms with Crippen molar-refractivity contribution in [3.05, 3.63) is 118 Å². The van der Waals surface area contributed by atoms with E-state index in [-0.39, 0.29) is 12.1 Å². The summed E-state index contributed by atoms with van der Waals surface area (Å²) in [5.74, 6) is 0.570. The summed E-state index contributed by atoms with van der Waals surface area (Å²) in [4.78, 5) is 5.44. The van der Waals surface area contributed by atoms with Gasteiger partial charge in [-0.25, -0.2) is 0 Å². The molecule has 2 aliphatic heterocycles. The molecule has 3 heteroatoms. The van der Waals surface area contributed by atoms with Crippen molar-refractivity contribution in [1.82, 2.24) is 0 Å². The van der Waals surface area contributed by atoms with Gasteiger partial charge in [0.25, 0.3) is 6.71 Å². The van der Waals surface area contributed by atoms with Gasteiger partial charge in [-0.2, -0.15) is 0 Å². The first kappa shape index (κ1) is 29.2. The van der Waals surface area contributed by atoms with Crippen molar-refractivity contribution in [3.63, 3.8) is 0 Å². The van der Waals surface area contributed by atoms with E-state index in [1.54, 1.807) is 22.3 Å². The van der Waals surface area contributed by atoms with E-state index in [0.717, 1.165) is 6.42 Å². The molecule has 0 amide bonds. The highest BCUT2D eigenvalue weighted by Crippen LogP contribution is 2.48. The Bertz CT molecular complexity index is 1980. The molecule has 236 valence electrons. The van der Waals surface area contributed by atoms with Gasteiger partial charge in [-0.15, -0.1) is 0 Å². The fourth-order valence-corrected chi connectivity index (χ4v) is 9.68. The van der Waals surface area contributed by atoms with Crippen LogP contribution in [0.2, 0.25) is 0 Å². The van der Waals surface area contributed by atoms with Gasteiger partial charge in [0.15, 0.2) is 0 Å². The van der Waals surface area contributed by atoms with Crippen molar-refractivity contribution in [2.24, 2.45) is 5.92 Å². The molecule has 2 unspecified atom stereocenters. The van der Waals surface area contributed by atoms with E-state index >= 15 is 0 Å². The molecule has 2 heterocycles. The van der Waals surface area contributed by atoms with E-state index in [1.807, 2.05) is 0 Å². The van der Waals surface area contributed by atoms with Gasteiger partial charge in [-0.1, -0.05) is 76.2 Å². The summed E-state index contributed by atoms with van der Waals surface area (Å²) < 4.78 is 0. The van der Waals surface area contributed by atoms with Crippen LogP contribution in [0.3, 0.4) is 0 Å². The standard InChI is InChI=1S/C44H47BN2/c1-28-23-40-43-41(24-28)47(37-20-12-17-30-16-11-13-29(2)42(30)37)39-27-33(44(3,4)5)21-22-35(39)45(43)36-25-31-14-9-10-15-32(31)26-38(36)46(40)34-18-7-6-8-19-34/h6-8,11,16,18-19,21-27,29,37H,9-10,12-15,17,20H2,1-5H3. The van der Waals surface area contributed by atoms with Crippen LogP contribution in [0, 0.1) is 12.8 Å². The van der Waals surface area contributed by atoms with Crippen molar-refractivity contribution in [2.75, 3.05) is 9.80 Å². The molecular formula is C44H47BN2. The van der Waals surface area contributed by atoms with Gasteiger partial charge in [0.05, 0.1) is 6.04 Å². The second-order valence-corrected chi connectivity index (χ2v) is 16.0. The van der Waals surface area contributed by atoms with Gasteiger partial charge in [0, 0.05) is 28.4 Å². The molecule has 0 aromatic heterocycles. The first-order valence-corrected chi connectivity index (χ1v) is 18.3. The number of hydrogen-bond acceptors (Lipinski definition) is 2. The Morgan fingerprint density at radius 3 is 2.30 bits per heavy atom. The predicted molar refractivity (Wildman–Crippen MR) is 202 cm³/mol. The number of benzene rings is 4. The molecular weight excluding hydrogens is 567 g/mol. The molecule has 2 nitrogen and oxygen atoms in total. The van der Waals surface area contributed by atoms with Crippen LogP contribution < -0.4 is 26.2 Å². The Hall–Kier alpha value is -3.98. The molecule has 3 aliphatic carbocycles. The fraction of sp³-hybridized carbons (Fsp3) is 0.364. The molecule has 2 atom stereocenters. The summed E-state index contributed by atoms with van der Waals surface area (Å²) in [5.41, 5.74) is 20.5. The number of hydrogen-bond donors (Lipinski definition) is 0. The van der Waals surface area contributed by atoms with Crippen LogP contribution >= 0.6 is 0 Å². The molecule has 0 bridgehead atoms. The smallest absolute Gasteiger partial charge is 0.252 e. The van der Waals surface area contributed by atoms with E-state index in [2.05, 4.69) is 129 Å². The molecule has 0 N–H and O–H groups in total. The third-order valence-electron chi connectivity index (χ3n) is 11.9. The van der Waals surface area contributed by atoms with Crippen LogP contribution in [-0.2, 0) is 18.3 Å². The highest BCUT2D eigenvalue weighted by molar-refractivity contribution is 7.00. The third kappa shape index (κ3) is 4.52. The van der Waals surface area contributed by atoms with Gasteiger partial charge in [-0.3, -0.25) is 0 Å². The highest BCUT2D eigenvalue weighted by Gasteiger charge is 2.46. The number of allylic oxidation sites excluding steroid dienone is 3. The normalized spacial score (nSPS) is 21.2. The number of anilines is 5. The second-order valence-electron chi connectivity index (χ2n) is 16.0. The van der Waals surface area contributed by atoms with Crippen LogP contribution in [0.25, 0.3) is 0 Å². The molecule has 4 aromatic carbocycles. The monoisotopic (exact) mass is 614 g/mol. The van der Waals surface area contributed by atoms with Crippen molar-refractivity contribution in [1.29, 1.82) is 0 Å². The molecule has 0 saturated heterocycles. The fourth-order valence-electron chi connectivity index (χ4n) is 9.68. The van der Waals surface area contributed by atoms with Gasteiger partial charge in [0.2, 0.25) is 0 Å². The minimum absolute atomic E-state index is 0.0737. The zero-order valence-electron chi connectivity index (χ0n) is 28.9. The average molecular weight is 615 g/mol. The van der Waals surface area contributed by atoms with Crippen molar-refractivity contribution in [3.8, 4) is 0 Å². The quantitative estimate of drug-likeness (QED) is 0.183. The van der Waals surface area contributed by atoms with Crippen LogP contribution in [0.5, 0.6) is 0 Å². The summed E-state index contributed by atoms with van der Waals surface area (Å²) >= 11 is 0. The van der Waals surface area contributed by atoms with E-state index in [9.17, 15) is 0 Å². The topological polar surface area (TPSA) is 6.48 Å². The lowest BCUT2D eigenvalue weighted by Crippen LogP contribution is -2.63. The number of fused-ring (bicyclic) bond motifs is 5. The van der Waals surface area contributed by atoms with Gasteiger partial charge in [0.1, 0.15) is 0 Å². The van der Waals surface area contributed by atoms with Crippen LogP contribution in [-0.4, -0.2) is 12.8 Å². The predicted octanol–water partition coefficient (Wildman–Crippen LogP) is 9.37. The highest BCUT2D eigenvalue weighted by atomic mass is 15.2. The third-order valence-corrected chi connectivity index (χ3v) is 11.9. The zero-order chi connectivity index (χ0) is 32.0. The number of rotatable bonds is 2. The van der Waals surface area contributed by atoms with Gasteiger partial charge < -0.3 is 9.80 Å². The Morgan fingerprint density at radius 2 is 1.51 bits per heavy atom. The van der Waals surface area contributed by atoms with Crippen molar-refractivity contribution >= 4 is 51.5 Å². The minimum Gasteiger partial charge on any atom is -0.335 e. The zero-order valence-corrected chi connectivity index (χ0v) is 28.9. The number of nitrogens with zero attached hydrogens (tertiary/aromatic N) is 2. The van der Waals surface area contributed by atoms with E-state index in [1.165, 1.54) is 101 Å². The molecule has 0 spiro atoms. The summed E-state index contributed by atoms with van der Waals surface area (Å²) in [6.07, 6.45) is 14.7. The molecule has 0 saturated carbocycles. The largest absolute Gasteiger partial charge is 0.335 e. The van der Waals surface area contributed by atoms with Crippen LogP contribution in [0.4, 0.5) is 28.4 Å². The summed E-state index contributed by atoms with van der Waals surface area (Å²) in [6, 6.07) is 29.3. The lowest BCUT2D eigenvalue weighted by molar-refractivity contribution is 0.509. The molecule has 5 aliphatic rings. The summed E-state index contributed by atoms with van der Waals surface area (Å²) in [7, 11) is 0. The molecule has 0 radical (unpaired) electrons. The lowest BCUT2D eigenvalue weighted by atomic mass is 9.33. The van der Waals surface area contributed by atoms with Gasteiger partial charge >= 0.3 is 0 Å².